The van der Waals surface area contributed by atoms with Crippen LogP contribution in [0.5, 0.6) is 0 Å². The molecule has 1 saturated heterocycles. The molecule has 1 N–H and O–H groups in total. The highest BCUT2D eigenvalue weighted by Crippen LogP contribution is 2.25. The maximum absolute atomic E-state index is 13.3. The van der Waals surface area contributed by atoms with Gasteiger partial charge in [-0.2, -0.15) is 0 Å². The summed E-state index contributed by atoms with van der Waals surface area (Å²) in [6.45, 7) is 2.17. The lowest BCUT2D eigenvalue weighted by Gasteiger charge is -2.28. The molecule has 1 aliphatic heterocycles. The van der Waals surface area contributed by atoms with Crippen LogP contribution in [0.1, 0.15) is 24.6 Å². The highest BCUT2D eigenvalue weighted by atomic mass is 32.2. The van der Waals surface area contributed by atoms with Crippen LogP contribution in [0.25, 0.3) is 0 Å². The third-order valence-electron chi connectivity index (χ3n) is 4.48. The molecule has 5 nitrogen and oxygen atoms in total. The van der Waals surface area contributed by atoms with Crippen molar-refractivity contribution < 1.29 is 12.8 Å². The van der Waals surface area contributed by atoms with Gasteiger partial charge in [0.2, 0.25) is 10.0 Å². The normalized spacial score (nSPS) is 17.2. The predicted molar refractivity (Wildman–Crippen MR) is 90.5 cm³/mol. The number of halogens is 1. The van der Waals surface area contributed by atoms with Crippen molar-refractivity contribution in [1.29, 1.82) is 0 Å². The maximum atomic E-state index is 13.3. The van der Waals surface area contributed by atoms with Crippen molar-refractivity contribution in [2.45, 2.75) is 23.8 Å². The Morgan fingerprint density at radius 3 is 2.58 bits per heavy atom. The van der Waals surface area contributed by atoms with Crippen molar-refractivity contribution in [2.75, 3.05) is 19.6 Å². The number of nitrogens with one attached hydrogen (secondary N) is 1. The summed E-state index contributed by atoms with van der Waals surface area (Å²) < 4.78 is 42.9. The fraction of sp³-hybridized carbons (Fsp3) is 0.412. The van der Waals surface area contributed by atoms with Gasteiger partial charge >= 0.3 is 0 Å². The number of benzene rings is 1. The van der Waals surface area contributed by atoms with Crippen LogP contribution in [-0.4, -0.2) is 37.5 Å². The molecule has 3 rings (SSSR count). The average Bonchev–Trinajstić information content (AvgIpc) is 3.20. The predicted octanol–water partition coefficient (Wildman–Crippen LogP) is 2.28. The Morgan fingerprint density at radius 1 is 1.21 bits per heavy atom. The largest absolute Gasteiger partial charge is 0.353 e. The summed E-state index contributed by atoms with van der Waals surface area (Å²) in [5.41, 5.74) is 1.07. The molecule has 1 fully saturated rings. The molecule has 1 atom stereocenters. The van der Waals surface area contributed by atoms with E-state index in [1.165, 1.54) is 18.2 Å². The van der Waals surface area contributed by atoms with Gasteiger partial charge in [-0.1, -0.05) is 6.07 Å². The molecule has 0 saturated carbocycles. The van der Waals surface area contributed by atoms with E-state index < -0.39 is 15.8 Å². The number of rotatable bonds is 6. The van der Waals surface area contributed by atoms with E-state index in [-0.39, 0.29) is 17.5 Å². The van der Waals surface area contributed by atoms with Crippen molar-refractivity contribution >= 4 is 10.0 Å². The Morgan fingerprint density at radius 2 is 1.96 bits per heavy atom. The van der Waals surface area contributed by atoms with Crippen molar-refractivity contribution in [3.63, 3.8) is 0 Å². The van der Waals surface area contributed by atoms with Crippen molar-refractivity contribution in [3.05, 3.63) is 54.1 Å². The van der Waals surface area contributed by atoms with E-state index in [1.54, 1.807) is 0 Å². The zero-order valence-corrected chi connectivity index (χ0v) is 14.5. The molecule has 2 aromatic rings. The van der Waals surface area contributed by atoms with E-state index in [0.29, 0.717) is 0 Å². The third kappa shape index (κ3) is 3.68. The first kappa shape index (κ1) is 17.1. The molecule has 0 bridgehead atoms. The van der Waals surface area contributed by atoms with Crippen molar-refractivity contribution in [1.82, 2.24) is 14.2 Å². The first-order valence-electron chi connectivity index (χ1n) is 8.08. The van der Waals surface area contributed by atoms with E-state index in [0.717, 1.165) is 37.7 Å². The lowest BCUT2D eigenvalue weighted by Crippen LogP contribution is -2.37. The zero-order chi connectivity index (χ0) is 17.2. The molecule has 2 heterocycles. The second-order valence-electron chi connectivity index (χ2n) is 6.11. The highest BCUT2D eigenvalue weighted by Gasteiger charge is 2.27. The van der Waals surface area contributed by atoms with Gasteiger partial charge in [-0.25, -0.2) is 17.5 Å². The molecule has 1 unspecified atom stereocenters. The Labute approximate surface area is 142 Å². The van der Waals surface area contributed by atoms with Crippen LogP contribution in [0.2, 0.25) is 0 Å². The van der Waals surface area contributed by atoms with Crippen LogP contribution in [-0.2, 0) is 17.1 Å². The molecular weight excluding hydrogens is 329 g/mol. The van der Waals surface area contributed by atoms with E-state index in [4.69, 9.17) is 0 Å². The van der Waals surface area contributed by atoms with Gasteiger partial charge in [-0.05, 0) is 56.3 Å². The molecule has 0 aliphatic carbocycles. The Bertz CT molecular complexity index is 798. The van der Waals surface area contributed by atoms with E-state index in [1.807, 2.05) is 29.9 Å². The second kappa shape index (κ2) is 7.04. The van der Waals surface area contributed by atoms with E-state index in [2.05, 4.69) is 9.62 Å². The molecule has 1 aromatic carbocycles. The highest BCUT2D eigenvalue weighted by molar-refractivity contribution is 7.89. The number of aryl methyl sites for hydroxylation is 1. The molecule has 130 valence electrons. The number of likely N-dealkylation sites (tertiary alicyclic amines) is 1. The van der Waals surface area contributed by atoms with Crippen LogP contribution in [0.15, 0.2) is 47.5 Å². The number of aromatic nitrogens is 1. The quantitative estimate of drug-likeness (QED) is 0.869. The molecular formula is C17H22FN3O2S. The summed E-state index contributed by atoms with van der Waals surface area (Å²) in [6, 6.07) is 9.01. The molecule has 24 heavy (non-hydrogen) atoms. The molecule has 0 radical (unpaired) electrons. The average molecular weight is 351 g/mol. The zero-order valence-electron chi connectivity index (χ0n) is 13.7. The van der Waals surface area contributed by atoms with Crippen LogP contribution < -0.4 is 4.72 Å². The van der Waals surface area contributed by atoms with E-state index >= 15 is 0 Å². The number of nitrogens with zero attached hydrogens (tertiary/aromatic N) is 2. The smallest absolute Gasteiger partial charge is 0.240 e. The SMILES string of the molecule is Cn1cccc1C(CNS(=O)(=O)c1cccc(F)c1)N1CCCC1. The first-order valence-corrected chi connectivity index (χ1v) is 9.56. The maximum Gasteiger partial charge on any atom is 0.240 e. The Balaban J connectivity index is 1.79. The van der Waals surface area contributed by atoms with Crippen LogP contribution in [0.4, 0.5) is 4.39 Å². The monoisotopic (exact) mass is 351 g/mol. The van der Waals surface area contributed by atoms with Gasteiger partial charge in [-0.3, -0.25) is 4.90 Å². The van der Waals surface area contributed by atoms with Gasteiger partial charge in [-0.15, -0.1) is 0 Å². The van der Waals surface area contributed by atoms with Gasteiger partial charge < -0.3 is 4.57 Å². The molecule has 1 aliphatic rings. The molecule has 0 amide bonds. The Kier molecular flexibility index (Phi) is 5.03. The third-order valence-corrected chi connectivity index (χ3v) is 5.90. The summed E-state index contributed by atoms with van der Waals surface area (Å²) >= 11 is 0. The Hall–Kier alpha value is -1.70. The lowest BCUT2D eigenvalue weighted by molar-refractivity contribution is 0.238. The van der Waals surface area contributed by atoms with Gasteiger partial charge in [0.25, 0.3) is 0 Å². The summed E-state index contributed by atoms with van der Waals surface area (Å²) in [4.78, 5) is 2.25. The number of sulfonamides is 1. The molecule has 7 heteroatoms. The van der Waals surface area contributed by atoms with Gasteiger partial charge in [0, 0.05) is 25.5 Å². The topological polar surface area (TPSA) is 54.3 Å². The fourth-order valence-electron chi connectivity index (χ4n) is 3.20. The van der Waals surface area contributed by atoms with Gasteiger partial charge in [0.15, 0.2) is 0 Å². The van der Waals surface area contributed by atoms with Crippen molar-refractivity contribution in [2.24, 2.45) is 7.05 Å². The second-order valence-corrected chi connectivity index (χ2v) is 7.88. The van der Waals surface area contributed by atoms with E-state index in [9.17, 15) is 12.8 Å². The minimum atomic E-state index is -3.74. The van der Waals surface area contributed by atoms with Gasteiger partial charge in [0.1, 0.15) is 5.82 Å². The number of hydrogen-bond donors (Lipinski definition) is 1. The summed E-state index contributed by atoms with van der Waals surface area (Å²) in [5, 5.41) is 0. The standard InChI is InChI=1S/C17H22FN3O2S/c1-20-9-5-8-16(20)17(21-10-2-3-11-21)13-19-24(22,23)15-7-4-6-14(18)12-15/h4-9,12,17,19H,2-3,10-11,13H2,1H3. The first-order chi connectivity index (χ1) is 11.5. The lowest BCUT2D eigenvalue weighted by atomic mass is 10.2. The van der Waals surface area contributed by atoms with Gasteiger partial charge in [0.05, 0.1) is 10.9 Å². The molecule has 1 aromatic heterocycles. The van der Waals surface area contributed by atoms with Crippen molar-refractivity contribution in [3.8, 4) is 0 Å². The molecule has 0 spiro atoms. The van der Waals surface area contributed by atoms with Crippen LogP contribution >= 0.6 is 0 Å². The number of hydrogen-bond acceptors (Lipinski definition) is 3. The summed E-state index contributed by atoms with van der Waals surface area (Å²) in [7, 11) is -1.78. The fourth-order valence-corrected chi connectivity index (χ4v) is 4.27. The van der Waals surface area contributed by atoms with Crippen LogP contribution in [0, 0.1) is 5.82 Å². The summed E-state index contributed by atoms with van der Waals surface area (Å²) in [5.74, 6) is -0.559. The summed E-state index contributed by atoms with van der Waals surface area (Å²) in [6.07, 6.45) is 4.20. The van der Waals surface area contributed by atoms with Crippen LogP contribution in [0.3, 0.4) is 0 Å². The minimum Gasteiger partial charge on any atom is -0.353 e. The minimum absolute atomic E-state index is 0.0316.